The van der Waals surface area contributed by atoms with E-state index < -0.39 is 0 Å². The number of nitriles is 1. The smallest absolute Gasteiger partial charge is 0.266 e. The topological polar surface area (TPSA) is 95.7 Å². The van der Waals surface area contributed by atoms with Gasteiger partial charge in [-0.25, -0.2) is 0 Å². The summed E-state index contributed by atoms with van der Waals surface area (Å²) in [5.41, 5.74) is 2.39. The Morgan fingerprint density at radius 2 is 2.09 bits per heavy atom. The van der Waals surface area contributed by atoms with Gasteiger partial charge < -0.3 is 23.4 Å². The number of methoxy groups -OCH3 is 1. The van der Waals surface area contributed by atoms with Gasteiger partial charge in [-0.1, -0.05) is 0 Å². The number of nitrogens with zero attached hydrogens (tertiary/aromatic N) is 4. The number of carbonyl (C=O) groups excluding carboxylic acids is 1. The van der Waals surface area contributed by atoms with Crippen molar-refractivity contribution in [3.63, 3.8) is 0 Å². The fraction of sp³-hybridized carbons (Fsp3) is 0.375. The Hall–Kier alpha value is -3.73. The molecule has 0 unspecified atom stereocenters. The van der Waals surface area contributed by atoms with Crippen LogP contribution in [0.5, 0.6) is 5.75 Å². The summed E-state index contributed by atoms with van der Waals surface area (Å²) in [6.07, 6.45) is 4.83. The van der Waals surface area contributed by atoms with Gasteiger partial charge in [-0.3, -0.25) is 4.79 Å². The van der Waals surface area contributed by atoms with Gasteiger partial charge in [0.2, 0.25) is 17.5 Å². The monoisotopic (exact) mass is 432 g/mol. The van der Waals surface area contributed by atoms with Gasteiger partial charge in [-0.05, 0) is 61.6 Å². The molecule has 164 valence electrons. The van der Waals surface area contributed by atoms with Crippen molar-refractivity contribution in [1.29, 1.82) is 5.26 Å². The number of rotatable bonds is 4. The minimum Gasteiger partial charge on any atom is -0.497 e. The van der Waals surface area contributed by atoms with E-state index in [1.807, 2.05) is 28.0 Å². The molecule has 4 heterocycles. The number of carbonyl (C=O) groups is 1. The molecule has 0 spiro atoms. The predicted octanol–water partition coefficient (Wildman–Crippen LogP) is 4.01. The average molecular weight is 432 g/mol. The summed E-state index contributed by atoms with van der Waals surface area (Å²) >= 11 is 0. The van der Waals surface area contributed by atoms with Gasteiger partial charge >= 0.3 is 0 Å². The van der Waals surface area contributed by atoms with Crippen molar-refractivity contribution in [1.82, 2.24) is 4.98 Å². The first-order chi connectivity index (χ1) is 15.7. The van der Waals surface area contributed by atoms with E-state index in [0.29, 0.717) is 43.5 Å². The van der Waals surface area contributed by atoms with E-state index in [-0.39, 0.29) is 17.5 Å². The van der Waals surface area contributed by atoms with Crippen LogP contribution in [0.2, 0.25) is 0 Å². The van der Waals surface area contributed by atoms with Gasteiger partial charge in [-0.15, -0.1) is 0 Å². The number of piperidine rings is 1. The Bertz CT molecular complexity index is 1150. The molecule has 1 amide bonds. The van der Waals surface area contributed by atoms with Crippen molar-refractivity contribution in [2.24, 2.45) is 5.92 Å². The number of benzene rings is 1. The van der Waals surface area contributed by atoms with Crippen molar-refractivity contribution in [2.75, 3.05) is 36.5 Å². The summed E-state index contributed by atoms with van der Waals surface area (Å²) in [5.74, 6) is 2.15. The van der Waals surface area contributed by atoms with E-state index in [1.165, 1.54) is 6.26 Å². The molecule has 0 N–H and O–H groups in total. The highest BCUT2D eigenvalue weighted by molar-refractivity contribution is 5.96. The quantitative estimate of drug-likeness (QED) is 0.615. The lowest BCUT2D eigenvalue weighted by molar-refractivity contribution is -0.123. The largest absolute Gasteiger partial charge is 0.497 e. The summed E-state index contributed by atoms with van der Waals surface area (Å²) in [5, 5.41) is 9.50. The lowest BCUT2D eigenvalue weighted by Gasteiger charge is -2.36. The van der Waals surface area contributed by atoms with E-state index in [1.54, 1.807) is 19.2 Å². The van der Waals surface area contributed by atoms with Crippen LogP contribution in [0.1, 0.15) is 30.5 Å². The van der Waals surface area contributed by atoms with Crippen LogP contribution in [0.4, 0.5) is 11.6 Å². The minimum atomic E-state index is -0.0581. The van der Waals surface area contributed by atoms with E-state index in [0.717, 1.165) is 36.4 Å². The molecule has 8 nitrogen and oxygen atoms in total. The second-order valence-electron chi connectivity index (χ2n) is 8.11. The molecule has 0 radical (unpaired) electrons. The van der Waals surface area contributed by atoms with Crippen LogP contribution in [0.15, 0.2) is 45.4 Å². The Balaban J connectivity index is 1.29. The molecule has 0 saturated carbocycles. The first kappa shape index (κ1) is 20.2. The molecule has 3 aromatic rings. The van der Waals surface area contributed by atoms with Gasteiger partial charge in [0.25, 0.3) is 5.89 Å². The highest BCUT2D eigenvalue weighted by Gasteiger charge is 2.33. The highest BCUT2D eigenvalue weighted by atomic mass is 16.5. The maximum absolute atomic E-state index is 13.4. The zero-order valence-electron chi connectivity index (χ0n) is 17.9. The number of amides is 1. The zero-order valence-corrected chi connectivity index (χ0v) is 17.9. The molecule has 1 saturated heterocycles. The fourth-order valence-electron chi connectivity index (χ4n) is 4.58. The molecule has 2 aliphatic rings. The van der Waals surface area contributed by atoms with Crippen molar-refractivity contribution in [2.45, 2.75) is 25.7 Å². The van der Waals surface area contributed by atoms with Crippen LogP contribution < -0.4 is 14.5 Å². The van der Waals surface area contributed by atoms with Crippen LogP contribution in [0.3, 0.4) is 0 Å². The van der Waals surface area contributed by atoms with Crippen LogP contribution in [-0.4, -0.2) is 37.6 Å². The molecule has 1 aromatic carbocycles. The summed E-state index contributed by atoms with van der Waals surface area (Å²) < 4.78 is 16.5. The maximum atomic E-state index is 13.4. The van der Waals surface area contributed by atoms with Crippen LogP contribution in [0.25, 0.3) is 11.7 Å². The molecule has 32 heavy (non-hydrogen) atoms. The molecular weight excluding hydrogens is 408 g/mol. The number of aryl methyl sites for hydroxylation is 1. The van der Waals surface area contributed by atoms with Crippen LogP contribution >= 0.6 is 0 Å². The maximum Gasteiger partial charge on any atom is 0.266 e. The van der Waals surface area contributed by atoms with E-state index in [4.69, 9.17) is 13.6 Å². The first-order valence-corrected chi connectivity index (χ1v) is 10.9. The van der Waals surface area contributed by atoms with Crippen molar-refractivity contribution in [3.05, 3.63) is 47.9 Å². The second kappa shape index (κ2) is 8.42. The van der Waals surface area contributed by atoms with E-state index in [2.05, 4.69) is 11.1 Å². The lowest BCUT2D eigenvalue weighted by Crippen LogP contribution is -2.44. The summed E-state index contributed by atoms with van der Waals surface area (Å²) in [4.78, 5) is 21.6. The van der Waals surface area contributed by atoms with Crippen molar-refractivity contribution < 1.29 is 18.4 Å². The number of aromatic nitrogens is 1. The number of furan rings is 1. The molecule has 5 rings (SSSR count). The fourth-order valence-corrected chi connectivity index (χ4v) is 4.58. The number of ether oxygens (including phenoxy) is 1. The molecule has 0 aliphatic carbocycles. The van der Waals surface area contributed by atoms with Gasteiger partial charge in [0, 0.05) is 31.2 Å². The second-order valence-corrected chi connectivity index (χ2v) is 8.11. The van der Waals surface area contributed by atoms with Crippen molar-refractivity contribution in [3.8, 4) is 23.5 Å². The first-order valence-electron chi connectivity index (χ1n) is 10.9. The third kappa shape index (κ3) is 3.60. The zero-order chi connectivity index (χ0) is 22.1. The van der Waals surface area contributed by atoms with Crippen molar-refractivity contribution >= 4 is 17.5 Å². The SMILES string of the molecule is COc1ccc2c(c1)CCCN2C(=O)C1CCN(c2oc(-c3ccco3)nc2C#N)CC1. The Morgan fingerprint density at radius 3 is 2.81 bits per heavy atom. The van der Waals surface area contributed by atoms with E-state index >= 15 is 0 Å². The number of hydrogen-bond donors (Lipinski definition) is 0. The molecule has 8 heteroatoms. The summed E-state index contributed by atoms with van der Waals surface area (Å²) in [6, 6.07) is 11.5. The normalized spacial score (nSPS) is 16.5. The molecule has 2 aliphatic heterocycles. The molecule has 2 aromatic heterocycles. The molecular formula is C24H24N4O4. The standard InChI is InChI=1S/C24H24N4O4/c1-30-18-6-7-20-17(14-18)4-2-10-28(20)23(29)16-8-11-27(12-9-16)24-19(15-25)26-22(32-24)21-5-3-13-31-21/h3,5-7,13-14,16H,2,4,8-12H2,1H3. The minimum absolute atomic E-state index is 0.0581. The van der Waals surface area contributed by atoms with Crippen LogP contribution in [-0.2, 0) is 11.2 Å². The molecule has 1 fully saturated rings. The van der Waals surface area contributed by atoms with Gasteiger partial charge in [-0.2, -0.15) is 10.2 Å². The molecule has 0 atom stereocenters. The number of hydrogen-bond acceptors (Lipinski definition) is 7. The lowest BCUT2D eigenvalue weighted by atomic mass is 9.93. The Kier molecular flexibility index (Phi) is 5.31. The van der Waals surface area contributed by atoms with Gasteiger partial charge in [0.15, 0.2) is 5.76 Å². The average Bonchev–Trinajstić information content (AvgIpc) is 3.53. The number of oxazole rings is 1. The van der Waals surface area contributed by atoms with Gasteiger partial charge in [0.1, 0.15) is 11.8 Å². The van der Waals surface area contributed by atoms with Crippen LogP contribution in [0, 0.1) is 17.2 Å². The predicted molar refractivity (Wildman–Crippen MR) is 118 cm³/mol. The third-order valence-corrected chi connectivity index (χ3v) is 6.25. The summed E-state index contributed by atoms with van der Waals surface area (Å²) in [6.45, 7) is 1.99. The number of anilines is 2. The highest BCUT2D eigenvalue weighted by Crippen LogP contribution is 2.35. The Labute approximate surface area is 186 Å². The third-order valence-electron chi connectivity index (χ3n) is 6.25. The van der Waals surface area contributed by atoms with Gasteiger partial charge in [0.05, 0.1) is 13.4 Å². The number of fused-ring (bicyclic) bond motifs is 1. The molecule has 0 bridgehead atoms. The Morgan fingerprint density at radius 1 is 1.25 bits per heavy atom. The summed E-state index contributed by atoms with van der Waals surface area (Å²) in [7, 11) is 1.66. The van der Waals surface area contributed by atoms with E-state index in [9.17, 15) is 10.1 Å².